The predicted molar refractivity (Wildman–Crippen MR) is 110 cm³/mol. The normalized spacial score (nSPS) is 10.8. The predicted octanol–water partition coefficient (Wildman–Crippen LogP) is 5.16. The second-order valence-corrected chi connectivity index (χ2v) is 6.45. The molecule has 152 valence electrons. The Hall–Kier alpha value is -3.87. The van der Waals surface area contributed by atoms with E-state index >= 15 is 0 Å². The summed E-state index contributed by atoms with van der Waals surface area (Å²) in [5.74, 6) is 1.45. The van der Waals surface area contributed by atoms with Crippen LogP contribution in [0, 0.1) is 6.92 Å². The smallest absolute Gasteiger partial charge is 0.361 e. The molecule has 0 aliphatic heterocycles. The van der Waals surface area contributed by atoms with Crippen LogP contribution in [-0.2, 0) is 4.74 Å². The van der Waals surface area contributed by atoms with Gasteiger partial charge in [0, 0.05) is 11.1 Å². The average molecular weight is 404 g/mol. The minimum atomic E-state index is -0.557. The van der Waals surface area contributed by atoms with Gasteiger partial charge in [-0.25, -0.2) is 9.78 Å². The third-order valence-electron chi connectivity index (χ3n) is 4.46. The van der Waals surface area contributed by atoms with Crippen LogP contribution in [0.2, 0.25) is 0 Å². The minimum absolute atomic E-state index is 0.0971. The number of esters is 1. The zero-order valence-corrected chi connectivity index (χ0v) is 16.8. The van der Waals surface area contributed by atoms with Crippen molar-refractivity contribution in [3.63, 3.8) is 0 Å². The standard InChI is InChI=1S/C23H20N2O5/c1-4-28-23(26)18-20(15-8-6-5-7-9-15)30-22(25-18)19-14(2)24-21(29-19)16-10-12-17(27-3)13-11-16/h5-13H,4H2,1-3H3. The molecule has 7 nitrogen and oxygen atoms in total. The molecule has 4 rings (SSSR count). The molecule has 0 amide bonds. The third-order valence-corrected chi connectivity index (χ3v) is 4.46. The Kier molecular flexibility index (Phi) is 5.34. The Morgan fingerprint density at radius 3 is 2.27 bits per heavy atom. The number of carbonyl (C=O) groups excluding carboxylic acids is 1. The summed E-state index contributed by atoms with van der Waals surface area (Å²) in [6.45, 7) is 3.77. The highest BCUT2D eigenvalue weighted by atomic mass is 16.5. The monoisotopic (exact) mass is 404 g/mol. The van der Waals surface area contributed by atoms with E-state index in [0.717, 1.165) is 11.3 Å². The molecule has 0 N–H and O–H groups in total. The quantitative estimate of drug-likeness (QED) is 0.410. The molecule has 2 aromatic carbocycles. The van der Waals surface area contributed by atoms with Gasteiger partial charge in [0.1, 0.15) is 5.75 Å². The maximum atomic E-state index is 12.5. The molecule has 7 heteroatoms. The molecule has 0 spiro atoms. The molecule has 0 atom stereocenters. The summed E-state index contributed by atoms with van der Waals surface area (Å²) in [6.07, 6.45) is 0. The van der Waals surface area contributed by atoms with Crippen molar-refractivity contribution >= 4 is 5.97 Å². The van der Waals surface area contributed by atoms with Crippen LogP contribution in [0.4, 0.5) is 0 Å². The number of rotatable bonds is 6. The molecule has 4 aromatic rings. The summed E-state index contributed by atoms with van der Waals surface area (Å²) in [5.41, 5.74) is 2.19. The highest BCUT2D eigenvalue weighted by molar-refractivity contribution is 5.94. The van der Waals surface area contributed by atoms with E-state index in [2.05, 4.69) is 9.97 Å². The summed E-state index contributed by atoms with van der Waals surface area (Å²) >= 11 is 0. The molecule has 0 bridgehead atoms. The van der Waals surface area contributed by atoms with Gasteiger partial charge in [-0.05, 0) is 38.1 Å². The molecule has 0 aliphatic carbocycles. The Bertz CT molecular complexity index is 1160. The largest absolute Gasteiger partial charge is 0.497 e. The van der Waals surface area contributed by atoms with Gasteiger partial charge in [-0.3, -0.25) is 0 Å². The van der Waals surface area contributed by atoms with E-state index in [-0.39, 0.29) is 18.2 Å². The number of hydrogen-bond donors (Lipinski definition) is 0. The van der Waals surface area contributed by atoms with E-state index in [1.807, 2.05) is 54.6 Å². The topological polar surface area (TPSA) is 87.6 Å². The summed E-state index contributed by atoms with van der Waals surface area (Å²) in [6, 6.07) is 16.6. The first-order chi connectivity index (χ1) is 14.6. The van der Waals surface area contributed by atoms with Crippen LogP contribution in [0.1, 0.15) is 23.1 Å². The van der Waals surface area contributed by atoms with E-state index in [1.54, 1.807) is 21.0 Å². The fraction of sp³-hybridized carbons (Fsp3) is 0.174. The van der Waals surface area contributed by atoms with Crippen molar-refractivity contribution in [3.8, 4) is 40.2 Å². The SMILES string of the molecule is CCOC(=O)c1nc(-c2oc(-c3ccc(OC)cc3)nc2C)oc1-c1ccccc1. The summed E-state index contributed by atoms with van der Waals surface area (Å²) in [4.78, 5) is 21.3. The Balaban J connectivity index is 1.77. The van der Waals surface area contributed by atoms with Gasteiger partial charge in [0.15, 0.2) is 11.5 Å². The van der Waals surface area contributed by atoms with Gasteiger partial charge < -0.3 is 18.3 Å². The van der Waals surface area contributed by atoms with Crippen molar-refractivity contribution in [2.75, 3.05) is 13.7 Å². The van der Waals surface area contributed by atoms with E-state index in [9.17, 15) is 4.79 Å². The third kappa shape index (κ3) is 3.69. The number of hydrogen-bond acceptors (Lipinski definition) is 7. The molecule has 0 aliphatic rings. The van der Waals surface area contributed by atoms with Crippen LogP contribution < -0.4 is 4.74 Å². The number of methoxy groups -OCH3 is 1. The highest BCUT2D eigenvalue weighted by Crippen LogP contribution is 2.34. The Labute approximate surface area is 173 Å². The fourth-order valence-corrected chi connectivity index (χ4v) is 2.99. The fourth-order valence-electron chi connectivity index (χ4n) is 2.99. The van der Waals surface area contributed by atoms with Gasteiger partial charge in [-0.15, -0.1) is 0 Å². The van der Waals surface area contributed by atoms with E-state index in [4.69, 9.17) is 18.3 Å². The van der Waals surface area contributed by atoms with Crippen LogP contribution >= 0.6 is 0 Å². The second kappa shape index (κ2) is 8.24. The number of aromatic nitrogens is 2. The lowest BCUT2D eigenvalue weighted by Crippen LogP contribution is -2.06. The lowest BCUT2D eigenvalue weighted by Gasteiger charge is -2.00. The first kappa shape index (κ1) is 19.4. The molecular formula is C23H20N2O5. The first-order valence-electron chi connectivity index (χ1n) is 9.46. The number of nitrogens with zero attached hydrogens (tertiary/aromatic N) is 2. The maximum absolute atomic E-state index is 12.5. The lowest BCUT2D eigenvalue weighted by atomic mass is 10.1. The van der Waals surface area contributed by atoms with Crippen molar-refractivity contribution < 1.29 is 23.1 Å². The van der Waals surface area contributed by atoms with Crippen LogP contribution in [0.25, 0.3) is 34.4 Å². The van der Waals surface area contributed by atoms with E-state index in [0.29, 0.717) is 28.7 Å². The van der Waals surface area contributed by atoms with E-state index in [1.165, 1.54) is 0 Å². The lowest BCUT2D eigenvalue weighted by molar-refractivity contribution is 0.0520. The van der Waals surface area contributed by atoms with Crippen LogP contribution in [0.15, 0.2) is 63.4 Å². The number of oxazole rings is 2. The Morgan fingerprint density at radius 2 is 1.60 bits per heavy atom. The van der Waals surface area contributed by atoms with Gasteiger partial charge in [0.2, 0.25) is 11.7 Å². The average Bonchev–Trinajstić information content (AvgIpc) is 3.38. The van der Waals surface area contributed by atoms with Gasteiger partial charge in [0.05, 0.1) is 19.4 Å². The molecule has 0 fully saturated rings. The van der Waals surface area contributed by atoms with Crippen molar-refractivity contribution in [1.82, 2.24) is 9.97 Å². The molecule has 30 heavy (non-hydrogen) atoms. The zero-order chi connectivity index (χ0) is 21.1. The van der Waals surface area contributed by atoms with Gasteiger partial charge >= 0.3 is 5.97 Å². The summed E-state index contributed by atoms with van der Waals surface area (Å²) in [5, 5.41) is 0. The molecule has 0 saturated heterocycles. The van der Waals surface area contributed by atoms with Crippen molar-refractivity contribution in [3.05, 3.63) is 66.0 Å². The summed E-state index contributed by atoms with van der Waals surface area (Å²) in [7, 11) is 1.61. The Morgan fingerprint density at radius 1 is 0.900 bits per heavy atom. The second-order valence-electron chi connectivity index (χ2n) is 6.45. The highest BCUT2D eigenvalue weighted by Gasteiger charge is 2.26. The number of aryl methyl sites for hydroxylation is 1. The maximum Gasteiger partial charge on any atom is 0.361 e. The molecule has 0 unspecified atom stereocenters. The summed E-state index contributed by atoms with van der Waals surface area (Å²) < 4.78 is 22.2. The molecule has 0 saturated carbocycles. The molecule has 0 radical (unpaired) electrons. The van der Waals surface area contributed by atoms with Crippen molar-refractivity contribution in [1.29, 1.82) is 0 Å². The number of carbonyl (C=O) groups is 1. The van der Waals surface area contributed by atoms with Crippen LogP contribution in [-0.4, -0.2) is 29.7 Å². The van der Waals surface area contributed by atoms with Gasteiger partial charge in [0.25, 0.3) is 5.89 Å². The number of benzene rings is 2. The van der Waals surface area contributed by atoms with Gasteiger partial charge in [-0.2, -0.15) is 4.98 Å². The molecular weight excluding hydrogens is 384 g/mol. The molecule has 2 heterocycles. The van der Waals surface area contributed by atoms with Crippen LogP contribution in [0.5, 0.6) is 5.75 Å². The molecule has 2 aromatic heterocycles. The van der Waals surface area contributed by atoms with Crippen LogP contribution in [0.3, 0.4) is 0 Å². The first-order valence-corrected chi connectivity index (χ1v) is 9.46. The minimum Gasteiger partial charge on any atom is -0.497 e. The van der Waals surface area contributed by atoms with Crippen molar-refractivity contribution in [2.24, 2.45) is 0 Å². The van der Waals surface area contributed by atoms with Gasteiger partial charge in [-0.1, -0.05) is 30.3 Å². The zero-order valence-electron chi connectivity index (χ0n) is 16.8. The number of ether oxygens (including phenoxy) is 2. The van der Waals surface area contributed by atoms with Crippen molar-refractivity contribution in [2.45, 2.75) is 13.8 Å². The van der Waals surface area contributed by atoms with E-state index < -0.39 is 5.97 Å².